The average molecular weight is 344 g/mol. The molecule has 0 aliphatic heterocycles. The Morgan fingerprint density at radius 3 is 2.32 bits per heavy atom. The summed E-state index contributed by atoms with van der Waals surface area (Å²) in [6.45, 7) is 5.89. The van der Waals surface area contributed by atoms with Crippen LogP contribution in [0.15, 0.2) is 0 Å². The van der Waals surface area contributed by atoms with Crippen LogP contribution in [0.25, 0.3) is 0 Å². The minimum Gasteiger partial charge on any atom is -0.300 e. The van der Waals surface area contributed by atoms with E-state index in [0.717, 1.165) is 25.7 Å². The number of rotatable bonds is 1. The molecule has 4 aliphatic carbocycles. The third kappa shape index (κ3) is 2.18. The Morgan fingerprint density at radius 1 is 0.920 bits per heavy atom. The number of fused-ring (bicyclic) bond motifs is 5. The summed E-state index contributed by atoms with van der Waals surface area (Å²) in [6.07, 6.45) is 4.83. The van der Waals surface area contributed by atoms with Crippen LogP contribution in [0, 0.1) is 40.4 Å². The van der Waals surface area contributed by atoms with Gasteiger partial charge in [0.05, 0.1) is 0 Å². The number of carbonyl (C=O) groups is 4. The molecule has 0 amide bonds. The summed E-state index contributed by atoms with van der Waals surface area (Å²) in [5.41, 5.74) is -0.567. The van der Waals surface area contributed by atoms with Gasteiger partial charge in [0.1, 0.15) is 11.6 Å². The second-order valence-corrected chi connectivity index (χ2v) is 9.64. The van der Waals surface area contributed by atoms with Crippen LogP contribution in [-0.2, 0) is 19.2 Å². The Hall–Kier alpha value is -1.32. The molecule has 0 aromatic carbocycles. The number of hydrogen-bond acceptors (Lipinski definition) is 4. The molecule has 0 aromatic rings. The maximum atomic E-state index is 13.3. The molecule has 0 aromatic heterocycles. The third-order valence-corrected chi connectivity index (χ3v) is 8.52. The molecular formula is C21H28O4. The monoisotopic (exact) mass is 344 g/mol. The van der Waals surface area contributed by atoms with E-state index >= 15 is 0 Å². The summed E-state index contributed by atoms with van der Waals surface area (Å²) >= 11 is 0. The summed E-state index contributed by atoms with van der Waals surface area (Å²) in [4.78, 5) is 49.5. The van der Waals surface area contributed by atoms with Crippen molar-refractivity contribution < 1.29 is 19.2 Å². The molecule has 25 heavy (non-hydrogen) atoms. The van der Waals surface area contributed by atoms with Crippen LogP contribution in [0.2, 0.25) is 0 Å². The highest BCUT2D eigenvalue weighted by molar-refractivity contribution is 6.38. The quantitative estimate of drug-likeness (QED) is 0.685. The largest absolute Gasteiger partial charge is 0.300 e. The van der Waals surface area contributed by atoms with Crippen molar-refractivity contribution in [3.63, 3.8) is 0 Å². The predicted molar refractivity (Wildman–Crippen MR) is 91.7 cm³/mol. The topological polar surface area (TPSA) is 68.3 Å². The van der Waals surface area contributed by atoms with Gasteiger partial charge in [0.2, 0.25) is 0 Å². The van der Waals surface area contributed by atoms with E-state index in [1.165, 1.54) is 0 Å². The van der Waals surface area contributed by atoms with Crippen molar-refractivity contribution in [3.05, 3.63) is 0 Å². The summed E-state index contributed by atoms with van der Waals surface area (Å²) in [5, 5.41) is 0. The lowest BCUT2D eigenvalue weighted by Crippen LogP contribution is -2.58. The highest BCUT2D eigenvalue weighted by Gasteiger charge is 2.64. The van der Waals surface area contributed by atoms with Gasteiger partial charge in [-0.15, -0.1) is 0 Å². The Balaban J connectivity index is 1.71. The molecule has 0 bridgehead atoms. The van der Waals surface area contributed by atoms with Crippen LogP contribution in [-0.4, -0.2) is 23.1 Å². The lowest BCUT2D eigenvalue weighted by molar-refractivity contribution is -0.164. The lowest BCUT2D eigenvalue weighted by atomic mass is 9.44. The molecule has 1 unspecified atom stereocenters. The molecule has 4 aliphatic rings. The standard InChI is InChI=1S/C21H28O4/c1-11(22)14-6-7-15-13-5-4-12-8-16(23)17(24)9-20(12,2)19(13)18(25)10-21(14,15)3/h12-15,19H,4-10H2,1-3H3/t12?,13-,14+,15-,19+,20-,21+/m0/s1. The van der Waals surface area contributed by atoms with Gasteiger partial charge >= 0.3 is 0 Å². The molecule has 0 radical (unpaired) electrons. The Bertz CT molecular complexity index is 679. The molecule has 4 rings (SSSR count). The fraction of sp³-hybridized carbons (Fsp3) is 0.810. The first-order chi connectivity index (χ1) is 11.7. The van der Waals surface area contributed by atoms with Gasteiger partial charge in [0.15, 0.2) is 11.6 Å². The molecule has 0 spiro atoms. The van der Waals surface area contributed by atoms with Crippen molar-refractivity contribution in [2.75, 3.05) is 0 Å². The van der Waals surface area contributed by atoms with Gasteiger partial charge in [0, 0.05) is 31.1 Å². The summed E-state index contributed by atoms with van der Waals surface area (Å²) in [7, 11) is 0. The minimum absolute atomic E-state index is 0.00231. The van der Waals surface area contributed by atoms with E-state index in [9.17, 15) is 19.2 Å². The van der Waals surface area contributed by atoms with Crippen molar-refractivity contribution in [2.24, 2.45) is 40.4 Å². The summed E-state index contributed by atoms with van der Waals surface area (Å²) in [6, 6.07) is 0. The van der Waals surface area contributed by atoms with Gasteiger partial charge in [-0.1, -0.05) is 13.8 Å². The van der Waals surface area contributed by atoms with Crippen LogP contribution < -0.4 is 0 Å². The predicted octanol–water partition coefficient (Wildman–Crippen LogP) is 3.16. The lowest BCUT2D eigenvalue weighted by Gasteiger charge is -2.58. The van der Waals surface area contributed by atoms with Crippen LogP contribution in [0.4, 0.5) is 0 Å². The number of carbonyl (C=O) groups excluding carboxylic acids is 4. The SMILES string of the molecule is CC(=O)[C@H]1CC[C@H]2[C@@H]3CCC4CC(=O)C(=O)C[C@]4(C)[C@H]3C(=O)C[C@]12C. The number of ketones is 4. The van der Waals surface area contributed by atoms with E-state index in [1.54, 1.807) is 6.92 Å². The van der Waals surface area contributed by atoms with Gasteiger partial charge in [0.25, 0.3) is 0 Å². The molecule has 4 saturated carbocycles. The molecule has 136 valence electrons. The van der Waals surface area contributed by atoms with Crippen LogP contribution in [0.5, 0.6) is 0 Å². The van der Waals surface area contributed by atoms with Gasteiger partial charge in [-0.05, 0) is 61.2 Å². The zero-order chi connectivity index (χ0) is 18.1. The molecule has 0 N–H and O–H groups in total. The van der Waals surface area contributed by atoms with Gasteiger partial charge < -0.3 is 0 Å². The molecule has 0 heterocycles. The molecule has 7 atom stereocenters. The highest BCUT2D eigenvalue weighted by atomic mass is 16.2. The van der Waals surface area contributed by atoms with Crippen molar-refractivity contribution >= 4 is 23.1 Å². The van der Waals surface area contributed by atoms with Crippen molar-refractivity contribution in [3.8, 4) is 0 Å². The average Bonchev–Trinajstić information content (AvgIpc) is 2.85. The van der Waals surface area contributed by atoms with Gasteiger partial charge in [-0.2, -0.15) is 0 Å². The molecule has 0 saturated heterocycles. The first kappa shape index (κ1) is 17.1. The smallest absolute Gasteiger partial charge is 0.198 e. The second kappa shape index (κ2) is 5.34. The maximum absolute atomic E-state index is 13.3. The van der Waals surface area contributed by atoms with E-state index in [0.29, 0.717) is 18.8 Å². The van der Waals surface area contributed by atoms with E-state index in [1.807, 2.05) is 0 Å². The zero-order valence-corrected chi connectivity index (χ0v) is 15.5. The van der Waals surface area contributed by atoms with E-state index in [2.05, 4.69) is 13.8 Å². The minimum atomic E-state index is -0.360. The molecular weight excluding hydrogens is 316 g/mol. The maximum Gasteiger partial charge on any atom is 0.198 e. The van der Waals surface area contributed by atoms with E-state index < -0.39 is 0 Å². The Kier molecular flexibility index (Phi) is 3.66. The highest BCUT2D eigenvalue weighted by Crippen LogP contribution is 2.66. The fourth-order valence-electron chi connectivity index (χ4n) is 7.42. The van der Waals surface area contributed by atoms with Crippen molar-refractivity contribution in [1.29, 1.82) is 0 Å². The Morgan fingerprint density at radius 2 is 1.64 bits per heavy atom. The van der Waals surface area contributed by atoms with Crippen LogP contribution >= 0.6 is 0 Å². The van der Waals surface area contributed by atoms with Crippen molar-refractivity contribution in [1.82, 2.24) is 0 Å². The summed E-state index contributed by atoms with van der Waals surface area (Å²) < 4.78 is 0. The van der Waals surface area contributed by atoms with Gasteiger partial charge in [-0.3, -0.25) is 19.2 Å². The summed E-state index contributed by atoms with van der Waals surface area (Å²) in [5.74, 6) is 0.667. The van der Waals surface area contributed by atoms with Crippen molar-refractivity contribution in [2.45, 2.75) is 65.7 Å². The van der Waals surface area contributed by atoms with Crippen LogP contribution in [0.1, 0.15) is 65.7 Å². The zero-order valence-electron chi connectivity index (χ0n) is 15.5. The molecule has 4 nitrogen and oxygen atoms in total. The Labute approximate surface area is 149 Å². The first-order valence-electron chi connectivity index (χ1n) is 9.77. The fourth-order valence-corrected chi connectivity index (χ4v) is 7.42. The van der Waals surface area contributed by atoms with E-state index in [-0.39, 0.29) is 64.1 Å². The van der Waals surface area contributed by atoms with Gasteiger partial charge in [-0.25, -0.2) is 0 Å². The normalized spacial score (nSPS) is 49.4. The second-order valence-electron chi connectivity index (χ2n) is 9.64. The first-order valence-corrected chi connectivity index (χ1v) is 9.77. The molecule has 4 heteroatoms. The number of hydrogen-bond donors (Lipinski definition) is 0. The third-order valence-electron chi connectivity index (χ3n) is 8.52. The van der Waals surface area contributed by atoms with E-state index in [4.69, 9.17) is 0 Å². The number of Topliss-reactive ketones (excluding diaryl/α,β-unsaturated/α-hetero) is 4. The molecule has 4 fully saturated rings. The van der Waals surface area contributed by atoms with Crippen LogP contribution in [0.3, 0.4) is 0 Å².